The molecule has 23 heavy (non-hydrogen) atoms. The van der Waals surface area contributed by atoms with Crippen molar-refractivity contribution in [3.8, 4) is 11.3 Å². The summed E-state index contributed by atoms with van der Waals surface area (Å²) in [5.74, 6) is 0. The number of hydrogen-bond donors (Lipinski definition) is 1. The number of halogens is 1. The number of para-hydroxylation sites is 2. The number of aromatic amines is 1. The van der Waals surface area contributed by atoms with Crippen molar-refractivity contribution in [2.24, 2.45) is 0 Å². The van der Waals surface area contributed by atoms with Crippen molar-refractivity contribution in [1.29, 1.82) is 0 Å². The summed E-state index contributed by atoms with van der Waals surface area (Å²) in [5.41, 5.74) is 4.90. The Kier molecular flexibility index (Phi) is 4.31. The van der Waals surface area contributed by atoms with Gasteiger partial charge in [-0.1, -0.05) is 53.8 Å². The lowest BCUT2D eigenvalue weighted by Crippen LogP contribution is -2.68. The Bertz CT molecular complexity index is 925. The number of nitrogens with zero attached hydrogens (tertiary/aromatic N) is 1. The zero-order chi connectivity index (χ0) is 16.4. The summed E-state index contributed by atoms with van der Waals surface area (Å²) in [7, 11) is -4.94. The van der Waals surface area contributed by atoms with Crippen LogP contribution in [0.3, 0.4) is 0 Å². The highest BCUT2D eigenvalue weighted by Crippen LogP contribution is 2.23. The van der Waals surface area contributed by atoms with Gasteiger partial charge in [-0.15, -0.1) is 10.2 Å². The molecule has 0 aliphatic carbocycles. The molecule has 0 fully saturated rings. The fourth-order valence-corrected chi connectivity index (χ4v) is 3.28. The van der Waals surface area contributed by atoms with E-state index in [1.165, 1.54) is 27.3 Å². The molecule has 0 bridgehead atoms. The maximum absolute atomic E-state index is 8.49. The Balaban J connectivity index is 0.000000276. The highest BCUT2D eigenvalue weighted by molar-refractivity contribution is 7.15. The van der Waals surface area contributed by atoms with Crippen molar-refractivity contribution in [3.63, 3.8) is 0 Å². The Morgan fingerprint density at radius 1 is 0.870 bits per heavy atom. The average molecular weight is 351 g/mol. The second-order valence-electron chi connectivity index (χ2n) is 4.65. The van der Waals surface area contributed by atoms with Crippen molar-refractivity contribution < 1.29 is 33.3 Å². The van der Waals surface area contributed by atoms with E-state index in [0.717, 1.165) is 0 Å². The molecule has 2 aromatic carbocycles. The molecule has 2 heterocycles. The predicted molar refractivity (Wildman–Crippen MR) is 74.8 cm³/mol. The van der Waals surface area contributed by atoms with Gasteiger partial charge < -0.3 is 0 Å². The minimum atomic E-state index is -4.94. The first-order chi connectivity index (χ1) is 10.9. The van der Waals surface area contributed by atoms with Crippen LogP contribution in [0.1, 0.15) is 0 Å². The van der Waals surface area contributed by atoms with Gasteiger partial charge in [-0.2, -0.15) is 4.40 Å². The molecule has 1 N–H and O–H groups in total. The first kappa shape index (κ1) is 15.9. The molecule has 0 unspecified atom stereocenters. The monoisotopic (exact) mass is 350 g/mol. The second-order valence-corrected chi connectivity index (χ2v) is 6.26. The van der Waals surface area contributed by atoms with E-state index in [1.54, 1.807) is 11.3 Å². The third-order valence-corrected chi connectivity index (χ3v) is 4.03. The normalized spacial score (nSPS) is 11.5. The number of benzene rings is 2. The van der Waals surface area contributed by atoms with E-state index in [0.29, 0.717) is 0 Å². The number of hydrogen-bond acceptors (Lipinski definition) is 5. The quantitative estimate of drug-likeness (QED) is 0.438. The van der Waals surface area contributed by atoms with Crippen LogP contribution in [-0.4, -0.2) is 4.98 Å². The van der Waals surface area contributed by atoms with Crippen LogP contribution in [-0.2, 0) is 0 Å². The fourth-order valence-electron chi connectivity index (χ4n) is 2.35. The molecule has 6 nitrogen and oxygen atoms in total. The maximum Gasteiger partial charge on any atom is 0.344 e. The number of thiazole rings is 1. The van der Waals surface area contributed by atoms with Crippen LogP contribution in [0.2, 0.25) is 0 Å². The standard InChI is InChI=1S/C15H10N2S.ClHO4/c1-2-6-11(7-3-1)14-10-18-15-16-12-8-4-5-9-13(12)17(14)15;2-1(3,4)5/h1-10H;(H,2,3,4,5). The molecule has 2 aromatic heterocycles. The third kappa shape index (κ3) is 3.67. The predicted octanol–water partition coefficient (Wildman–Crippen LogP) is -1.12. The van der Waals surface area contributed by atoms with E-state index in [4.69, 9.17) is 18.6 Å². The number of aromatic nitrogens is 2. The molecule has 0 atom stereocenters. The van der Waals surface area contributed by atoms with Crippen LogP contribution >= 0.6 is 11.3 Å². The number of H-pyrrole nitrogens is 1. The largest absolute Gasteiger partial charge is 0.344 e. The number of fused-ring (bicyclic) bond motifs is 3. The Labute approximate surface area is 137 Å². The highest BCUT2D eigenvalue weighted by atomic mass is 35.7. The van der Waals surface area contributed by atoms with Crippen molar-refractivity contribution in [3.05, 3.63) is 60.0 Å². The van der Waals surface area contributed by atoms with Gasteiger partial charge in [0.2, 0.25) is 0 Å². The minimum absolute atomic E-state index is 1.18. The van der Waals surface area contributed by atoms with Crippen LogP contribution in [0, 0.1) is 10.2 Å². The Morgan fingerprint density at radius 2 is 1.48 bits per heavy atom. The van der Waals surface area contributed by atoms with Crippen LogP contribution in [0.5, 0.6) is 0 Å². The lowest BCUT2D eigenvalue weighted by Gasteiger charge is -2.17. The molecule has 4 rings (SSSR count). The minimum Gasteiger partial charge on any atom is -0.227 e. The molecule has 0 saturated carbocycles. The van der Waals surface area contributed by atoms with Gasteiger partial charge in [0.25, 0.3) is 0 Å². The van der Waals surface area contributed by atoms with Crippen molar-refractivity contribution in [2.75, 3.05) is 0 Å². The SMILES string of the molecule is [O-][Cl+3]([O-])([O-])[O-].c1ccc(-c2csc3[nH]c4ccccc4[n+]23)cc1. The van der Waals surface area contributed by atoms with E-state index >= 15 is 0 Å². The molecular weight excluding hydrogens is 340 g/mol. The lowest BCUT2D eigenvalue weighted by molar-refractivity contribution is -2.00. The van der Waals surface area contributed by atoms with Crippen molar-refractivity contribution in [2.45, 2.75) is 0 Å². The molecule has 0 aliphatic heterocycles. The summed E-state index contributed by atoms with van der Waals surface area (Å²) in [6.45, 7) is 0. The number of imidazole rings is 1. The second kappa shape index (κ2) is 6.25. The highest BCUT2D eigenvalue weighted by Gasteiger charge is 2.18. The average Bonchev–Trinajstić information content (AvgIpc) is 3.05. The van der Waals surface area contributed by atoms with Gasteiger partial charge in [-0.05, 0) is 12.1 Å². The van der Waals surface area contributed by atoms with Gasteiger partial charge in [-0.25, -0.2) is 23.6 Å². The number of rotatable bonds is 1. The van der Waals surface area contributed by atoms with Crippen LogP contribution < -0.4 is 23.0 Å². The van der Waals surface area contributed by atoms with Crippen LogP contribution in [0.15, 0.2) is 60.0 Å². The molecule has 0 spiro atoms. The summed E-state index contributed by atoms with van der Waals surface area (Å²) in [5, 5.41) is 2.20. The summed E-state index contributed by atoms with van der Waals surface area (Å²) in [6, 6.07) is 18.9. The van der Waals surface area contributed by atoms with E-state index in [2.05, 4.69) is 63.3 Å². The summed E-state index contributed by atoms with van der Waals surface area (Å²) in [4.78, 5) is 4.63. The summed E-state index contributed by atoms with van der Waals surface area (Å²) >= 11 is 1.74. The van der Waals surface area contributed by atoms with Gasteiger partial charge in [-0.3, -0.25) is 0 Å². The van der Waals surface area contributed by atoms with Gasteiger partial charge in [0.1, 0.15) is 0 Å². The first-order valence-electron chi connectivity index (χ1n) is 6.50. The molecule has 4 aromatic rings. The van der Waals surface area contributed by atoms with Crippen LogP contribution in [0.25, 0.3) is 27.3 Å². The van der Waals surface area contributed by atoms with Gasteiger partial charge in [0.05, 0.1) is 0 Å². The molecule has 0 saturated heterocycles. The Hall–Kier alpha value is -2.00. The van der Waals surface area contributed by atoms with E-state index in [1.807, 2.05) is 6.07 Å². The molecular formula is C15H11ClN2O4S. The smallest absolute Gasteiger partial charge is 0.227 e. The zero-order valence-electron chi connectivity index (χ0n) is 11.6. The topological polar surface area (TPSA) is 112 Å². The van der Waals surface area contributed by atoms with Gasteiger partial charge >= 0.3 is 4.96 Å². The van der Waals surface area contributed by atoms with E-state index < -0.39 is 10.2 Å². The fraction of sp³-hybridized carbons (Fsp3) is 0. The molecule has 0 radical (unpaired) electrons. The Morgan fingerprint density at radius 3 is 2.17 bits per heavy atom. The van der Waals surface area contributed by atoms with Gasteiger partial charge in [0.15, 0.2) is 16.7 Å². The van der Waals surface area contributed by atoms with Crippen LogP contribution in [0.4, 0.5) is 0 Å². The third-order valence-electron chi connectivity index (χ3n) is 3.18. The molecule has 8 heteroatoms. The van der Waals surface area contributed by atoms with E-state index in [9.17, 15) is 0 Å². The van der Waals surface area contributed by atoms with Crippen molar-refractivity contribution in [1.82, 2.24) is 4.98 Å². The summed E-state index contributed by atoms with van der Waals surface area (Å²) in [6.07, 6.45) is 0. The lowest BCUT2D eigenvalue weighted by atomic mass is 10.2. The first-order valence-corrected chi connectivity index (χ1v) is 8.62. The molecule has 0 amide bonds. The zero-order valence-corrected chi connectivity index (χ0v) is 13.2. The maximum atomic E-state index is 8.49. The summed E-state index contributed by atoms with van der Waals surface area (Å²) < 4.78 is 36.3. The molecule has 0 aliphatic rings. The number of nitrogens with one attached hydrogen (secondary N) is 1. The molecule has 118 valence electrons. The van der Waals surface area contributed by atoms with Gasteiger partial charge in [0, 0.05) is 10.9 Å². The van der Waals surface area contributed by atoms with E-state index in [-0.39, 0.29) is 0 Å². The van der Waals surface area contributed by atoms with Crippen molar-refractivity contribution >= 4 is 27.3 Å².